The van der Waals surface area contributed by atoms with Crippen LogP contribution in [0.2, 0.25) is 0 Å². The minimum absolute atomic E-state index is 0.0524. The molecule has 4 nitrogen and oxygen atoms in total. The molecule has 0 unspecified atom stereocenters. The van der Waals surface area contributed by atoms with E-state index in [2.05, 4.69) is 36.3 Å². The summed E-state index contributed by atoms with van der Waals surface area (Å²) < 4.78 is 5.92. The largest absolute Gasteiger partial charge is 0.508 e. The molecule has 1 N–H and O–H groups in total. The molecule has 128 valence electrons. The topological polar surface area (TPSA) is 49.5 Å². The van der Waals surface area contributed by atoms with E-state index >= 15 is 0 Å². The molecule has 0 aliphatic heterocycles. The summed E-state index contributed by atoms with van der Waals surface area (Å²) in [7, 11) is 4.19. The van der Waals surface area contributed by atoms with Gasteiger partial charge in [-0.1, -0.05) is 35.5 Å². The molecule has 1 aliphatic rings. The predicted molar refractivity (Wildman–Crippen MR) is 98.5 cm³/mol. The molecule has 1 aromatic heterocycles. The maximum atomic E-state index is 9.58. The summed E-state index contributed by atoms with van der Waals surface area (Å²) in [6.45, 7) is 0.955. The molecular weight excluding hydrogens is 312 g/mol. The predicted octanol–water partition coefficient (Wildman–Crippen LogP) is 4.31. The van der Waals surface area contributed by atoms with Gasteiger partial charge in [0.05, 0.1) is 5.56 Å². The van der Waals surface area contributed by atoms with Crippen LogP contribution in [-0.4, -0.2) is 35.8 Å². The highest BCUT2D eigenvalue weighted by atomic mass is 16.5. The van der Waals surface area contributed by atoms with Crippen molar-refractivity contribution < 1.29 is 9.63 Å². The SMILES string of the molecule is CN(C)CC1(c2onc(-c3ccc(O)cc3)c2-c2ccccc2)CC1. The Balaban J connectivity index is 1.87. The van der Waals surface area contributed by atoms with E-state index in [0.717, 1.165) is 47.5 Å². The van der Waals surface area contributed by atoms with Crippen molar-refractivity contribution in [3.8, 4) is 28.1 Å². The van der Waals surface area contributed by atoms with Crippen molar-refractivity contribution in [3.05, 3.63) is 60.4 Å². The Morgan fingerprint density at radius 1 is 1.00 bits per heavy atom. The Morgan fingerprint density at radius 3 is 2.28 bits per heavy atom. The summed E-state index contributed by atoms with van der Waals surface area (Å²) in [6, 6.07) is 17.4. The molecule has 0 bridgehead atoms. The third-order valence-electron chi connectivity index (χ3n) is 4.85. The number of phenols is 1. The molecule has 1 aliphatic carbocycles. The maximum Gasteiger partial charge on any atom is 0.152 e. The highest BCUT2D eigenvalue weighted by molar-refractivity contribution is 5.83. The van der Waals surface area contributed by atoms with Gasteiger partial charge in [-0.15, -0.1) is 0 Å². The van der Waals surface area contributed by atoms with Crippen LogP contribution in [0.1, 0.15) is 18.6 Å². The molecule has 1 saturated carbocycles. The molecule has 2 aromatic carbocycles. The van der Waals surface area contributed by atoms with Crippen molar-refractivity contribution in [2.24, 2.45) is 0 Å². The molecular formula is C21H22N2O2. The van der Waals surface area contributed by atoms with Crippen LogP contribution in [0.15, 0.2) is 59.1 Å². The quantitative estimate of drug-likeness (QED) is 0.755. The molecule has 0 saturated heterocycles. The van der Waals surface area contributed by atoms with Gasteiger partial charge < -0.3 is 14.5 Å². The minimum Gasteiger partial charge on any atom is -0.508 e. The van der Waals surface area contributed by atoms with Crippen LogP contribution in [-0.2, 0) is 5.41 Å². The van der Waals surface area contributed by atoms with Crippen LogP contribution in [0.3, 0.4) is 0 Å². The van der Waals surface area contributed by atoms with E-state index in [1.165, 1.54) is 0 Å². The lowest BCUT2D eigenvalue weighted by Crippen LogP contribution is -2.26. The fraction of sp³-hybridized carbons (Fsp3) is 0.286. The van der Waals surface area contributed by atoms with Gasteiger partial charge in [-0.25, -0.2) is 0 Å². The van der Waals surface area contributed by atoms with E-state index in [9.17, 15) is 5.11 Å². The summed E-state index contributed by atoms with van der Waals surface area (Å²) in [5.41, 5.74) is 4.03. The second-order valence-corrected chi connectivity index (χ2v) is 7.17. The van der Waals surface area contributed by atoms with Gasteiger partial charge in [-0.2, -0.15) is 0 Å². The fourth-order valence-electron chi connectivity index (χ4n) is 3.55. The second-order valence-electron chi connectivity index (χ2n) is 7.17. The molecule has 1 heterocycles. The lowest BCUT2D eigenvalue weighted by atomic mass is 9.91. The first kappa shape index (κ1) is 15.9. The summed E-state index contributed by atoms with van der Waals surface area (Å²) in [5, 5.41) is 14.0. The monoisotopic (exact) mass is 334 g/mol. The van der Waals surface area contributed by atoms with Crippen molar-refractivity contribution in [2.75, 3.05) is 20.6 Å². The van der Waals surface area contributed by atoms with Gasteiger partial charge in [0.15, 0.2) is 5.76 Å². The van der Waals surface area contributed by atoms with Gasteiger partial charge in [-0.05, 0) is 56.8 Å². The summed E-state index contributed by atoms with van der Waals surface area (Å²) in [4.78, 5) is 2.21. The molecule has 0 radical (unpaired) electrons. The Morgan fingerprint density at radius 2 is 1.68 bits per heavy atom. The van der Waals surface area contributed by atoms with Crippen molar-refractivity contribution >= 4 is 0 Å². The number of phenolic OH excluding ortho intramolecular Hbond substituents is 1. The lowest BCUT2D eigenvalue weighted by molar-refractivity contribution is 0.299. The number of rotatable bonds is 5. The lowest BCUT2D eigenvalue weighted by Gasteiger charge is -2.19. The van der Waals surface area contributed by atoms with E-state index in [4.69, 9.17) is 4.52 Å². The van der Waals surface area contributed by atoms with Crippen LogP contribution < -0.4 is 0 Å². The first-order valence-electron chi connectivity index (χ1n) is 8.59. The zero-order valence-corrected chi connectivity index (χ0v) is 14.6. The smallest absolute Gasteiger partial charge is 0.152 e. The van der Waals surface area contributed by atoms with Crippen LogP contribution in [0.4, 0.5) is 0 Å². The van der Waals surface area contributed by atoms with Gasteiger partial charge in [0.2, 0.25) is 0 Å². The molecule has 0 spiro atoms. The van der Waals surface area contributed by atoms with Crippen LogP contribution in [0.5, 0.6) is 5.75 Å². The average molecular weight is 334 g/mol. The number of nitrogens with zero attached hydrogens (tertiary/aromatic N) is 2. The molecule has 1 fully saturated rings. The number of benzene rings is 2. The Labute approximate surface area is 147 Å². The Kier molecular flexibility index (Phi) is 3.85. The van der Waals surface area contributed by atoms with Crippen LogP contribution >= 0.6 is 0 Å². The normalized spacial score (nSPS) is 15.5. The van der Waals surface area contributed by atoms with Gasteiger partial charge in [0.1, 0.15) is 11.4 Å². The standard InChI is InChI=1S/C21H22N2O2/c1-23(2)14-21(12-13-21)20-18(15-6-4-3-5-7-15)19(22-25-20)16-8-10-17(24)11-9-16/h3-11,24H,12-14H2,1-2H3. The third kappa shape index (κ3) is 2.94. The molecule has 4 heteroatoms. The highest BCUT2D eigenvalue weighted by Gasteiger charge is 2.50. The van der Waals surface area contributed by atoms with E-state index in [1.807, 2.05) is 30.3 Å². The van der Waals surface area contributed by atoms with Crippen molar-refractivity contribution in [1.29, 1.82) is 0 Å². The fourth-order valence-corrected chi connectivity index (χ4v) is 3.55. The Bertz CT molecular complexity index is 863. The van der Waals surface area contributed by atoms with E-state index in [0.29, 0.717) is 0 Å². The second kappa shape index (κ2) is 6.05. The molecule has 4 rings (SSSR count). The van der Waals surface area contributed by atoms with Gasteiger partial charge >= 0.3 is 0 Å². The summed E-state index contributed by atoms with van der Waals surface area (Å²) in [6.07, 6.45) is 2.24. The van der Waals surface area contributed by atoms with Crippen molar-refractivity contribution in [1.82, 2.24) is 10.1 Å². The first-order chi connectivity index (χ1) is 12.1. The maximum absolute atomic E-state index is 9.58. The third-order valence-corrected chi connectivity index (χ3v) is 4.85. The number of aromatic nitrogens is 1. The zero-order chi connectivity index (χ0) is 17.4. The molecule has 0 amide bonds. The molecule has 25 heavy (non-hydrogen) atoms. The molecule has 0 atom stereocenters. The average Bonchev–Trinajstić information content (AvgIpc) is 3.23. The van der Waals surface area contributed by atoms with Crippen LogP contribution in [0, 0.1) is 0 Å². The highest BCUT2D eigenvalue weighted by Crippen LogP contribution is 2.53. The van der Waals surface area contributed by atoms with Gasteiger partial charge in [0.25, 0.3) is 0 Å². The van der Waals surface area contributed by atoms with E-state index in [1.54, 1.807) is 12.1 Å². The number of likely N-dealkylation sites (N-methyl/N-ethyl adjacent to an activating group) is 1. The number of hydrogen-bond acceptors (Lipinski definition) is 4. The van der Waals surface area contributed by atoms with Crippen molar-refractivity contribution in [2.45, 2.75) is 18.3 Å². The van der Waals surface area contributed by atoms with Crippen LogP contribution in [0.25, 0.3) is 22.4 Å². The Hall–Kier alpha value is -2.59. The number of hydrogen-bond donors (Lipinski definition) is 1. The minimum atomic E-state index is 0.0524. The number of aromatic hydroxyl groups is 1. The van der Waals surface area contributed by atoms with Gasteiger partial charge in [-0.3, -0.25) is 0 Å². The summed E-state index contributed by atoms with van der Waals surface area (Å²) in [5.74, 6) is 1.23. The molecule has 3 aromatic rings. The van der Waals surface area contributed by atoms with E-state index < -0.39 is 0 Å². The van der Waals surface area contributed by atoms with Gasteiger partial charge in [0, 0.05) is 17.5 Å². The zero-order valence-electron chi connectivity index (χ0n) is 14.6. The summed E-state index contributed by atoms with van der Waals surface area (Å²) >= 11 is 0. The van der Waals surface area contributed by atoms with E-state index in [-0.39, 0.29) is 11.2 Å². The van der Waals surface area contributed by atoms with Crippen molar-refractivity contribution in [3.63, 3.8) is 0 Å². The first-order valence-corrected chi connectivity index (χ1v) is 8.59.